The van der Waals surface area contributed by atoms with Crippen molar-refractivity contribution in [3.05, 3.63) is 89.5 Å². The summed E-state index contributed by atoms with van der Waals surface area (Å²) < 4.78 is 11.2. The minimum atomic E-state index is -0.0880. The average Bonchev–Trinajstić information content (AvgIpc) is 2.92. The zero-order chi connectivity index (χ0) is 27.1. The molecule has 192 valence electrons. The summed E-state index contributed by atoms with van der Waals surface area (Å²) >= 11 is 1.39. The van der Waals surface area contributed by atoms with E-state index < -0.39 is 0 Å². The minimum absolute atomic E-state index is 0.0880. The van der Waals surface area contributed by atoms with Crippen LogP contribution in [0, 0.1) is 25.2 Å². The fourth-order valence-electron chi connectivity index (χ4n) is 4.31. The molecule has 0 saturated heterocycles. The smallest absolute Gasteiger partial charge is 0.225 e. The Morgan fingerprint density at radius 3 is 2.34 bits per heavy atom. The summed E-state index contributed by atoms with van der Waals surface area (Å²) in [7, 11) is 3.16. The van der Waals surface area contributed by atoms with Gasteiger partial charge in [0.05, 0.1) is 25.5 Å². The van der Waals surface area contributed by atoms with E-state index >= 15 is 0 Å². The van der Waals surface area contributed by atoms with Crippen LogP contribution in [0.15, 0.2) is 77.8 Å². The van der Waals surface area contributed by atoms with Crippen molar-refractivity contribution in [3.8, 4) is 40.0 Å². The van der Waals surface area contributed by atoms with Gasteiger partial charge in [-0.15, -0.1) is 11.8 Å². The molecule has 38 heavy (non-hydrogen) atoms. The first-order valence-corrected chi connectivity index (χ1v) is 13.1. The number of benzene rings is 3. The third-order valence-corrected chi connectivity index (χ3v) is 6.91. The van der Waals surface area contributed by atoms with Gasteiger partial charge < -0.3 is 14.8 Å². The second kappa shape index (κ2) is 12.3. The maximum Gasteiger partial charge on any atom is 0.225 e. The number of rotatable bonds is 9. The van der Waals surface area contributed by atoms with Crippen LogP contribution in [0.2, 0.25) is 0 Å². The minimum Gasteiger partial charge on any atom is -0.493 e. The summed E-state index contributed by atoms with van der Waals surface area (Å²) in [5.74, 6) is 1.49. The Bertz CT molecular complexity index is 1480. The van der Waals surface area contributed by atoms with Crippen molar-refractivity contribution in [2.45, 2.75) is 25.3 Å². The van der Waals surface area contributed by atoms with E-state index in [1.165, 1.54) is 11.8 Å². The molecule has 0 unspecified atom stereocenters. The first kappa shape index (κ1) is 26.8. The topological polar surface area (TPSA) is 84.2 Å². The number of nitrogens with zero attached hydrogens (tertiary/aromatic N) is 2. The Hall–Kier alpha value is -4.28. The fraction of sp³-hybridized carbons (Fsp3) is 0.194. The fourth-order valence-corrected chi connectivity index (χ4v) is 5.26. The third-order valence-electron chi connectivity index (χ3n) is 5.93. The van der Waals surface area contributed by atoms with Gasteiger partial charge >= 0.3 is 0 Å². The molecule has 4 rings (SSSR count). The zero-order valence-electron chi connectivity index (χ0n) is 21.9. The van der Waals surface area contributed by atoms with Crippen molar-refractivity contribution in [1.82, 2.24) is 4.98 Å². The van der Waals surface area contributed by atoms with Crippen LogP contribution in [-0.2, 0) is 4.79 Å². The van der Waals surface area contributed by atoms with Crippen LogP contribution in [0.25, 0.3) is 22.4 Å². The molecule has 4 aromatic rings. The molecular formula is C31H29N3O3S. The van der Waals surface area contributed by atoms with Crippen molar-refractivity contribution in [3.63, 3.8) is 0 Å². The lowest BCUT2D eigenvalue weighted by atomic mass is 9.98. The molecule has 7 heteroatoms. The number of thioether (sulfide) groups is 1. The number of hydrogen-bond donors (Lipinski definition) is 1. The highest BCUT2D eigenvalue weighted by atomic mass is 32.2. The molecule has 3 aromatic carbocycles. The quantitative estimate of drug-likeness (QED) is 0.237. The van der Waals surface area contributed by atoms with Gasteiger partial charge in [0.2, 0.25) is 5.91 Å². The van der Waals surface area contributed by atoms with Crippen LogP contribution in [0.1, 0.15) is 23.1 Å². The second-order valence-electron chi connectivity index (χ2n) is 8.78. The standard InChI is InChI=1S/C31H29N3O3S/c1-20-15-21(2)17-23(16-20)33-29(35)13-14-38-31-26(19-32)25(18-27(34-31)22-9-6-5-7-10-22)24-11-8-12-28(36-3)30(24)37-4/h5-12,15-18H,13-14H2,1-4H3,(H,33,35). The zero-order valence-corrected chi connectivity index (χ0v) is 22.7. The molecule has 0 aliphatic carbocycles. The number of hydrogen-bond acceptors (Lipinski definition) is 6. The van der Waals surface area contributed by atoms with E-state index in [0.717, 1.165) is 33.6 Å². The van der Waals surface area contributed by atoms with Gasteiger partial charge in [-0.25, -0.2) is 4.98 Å². The molecule has 1 amide bonds. The Balaban J connectivity index is 1.67. The van der Waals surface area contributed by atoms with Crippen LogP contribution in [0.3, 0.4) is 0 Å². The Morgan fingerprint density at radius 1 is 0.947 bits per heavy atom. The molecule has 0 spiro atoms. The lowest BCUT2D eigenvalue weighted by molar-refractivity contribution is -0.115. The van der Waals surface area contributed by atoms with E-state index in [0.29, 0.717) is 33.4 Å². The lowest BCUT2D eigenvalue weighted by Gasteiger charge is -2.16. The summed E-state index contributed by atoms with van der Waals surface area (Å²) in [6, 6.07) is 25.6. The van der Waals surface area contributed by atoms with E-state index in [4.69, 9.17) is 14.5 Å². The van der Waals surface area contributed by atoms with Crippen molar-refractivity contribution < 1.29 is 14.3 Å². The Kier molecular flexibility index (Phi) is 8.67. The van der Waals surface area contributed by atoms with Gasteiger partial charge in [0.15, 0.2) is 11.5 Å². The molecular weight excluding hydrogens is 494 g/mol. The molecule has 1 aromatic heterocycles. The highest BCUT2D eigenvalue weighted by Crippen LogP contribution is 2.42. The number of nitriles is 1. The normalized spacial score (nSPS) is 10.5. The van der Waals surface area contributed by atoms with E-state index in [9.17, 15) is 10.1 Å². The monoisotopic (exact) mass is 523 g/mol. The van der Waals surface area contributed by atoms with Crippen molar-refractivity contribution >= 4 is 23.4 Å². The predicted molar refractivity (Wildman–Crippen MR) is 153 cm³/mol. The molecule has 6 nitrogen and oxygen atoms in total. The summed E-state index contributed by atoms with van der Waals surface area (Å²) in [4.78, 5) is 17.5. The number of ether oxygens (including phenoxy) is 2. The molecule has 0 bridgehead atoms. The Morgan fingerprint density at radius 2 is 1.68 bits per heavy atom. The second-order valence-corrected chi connectivity index (χ2v) is 9.86. The lowest BCUT2D eigenvalue weighted by Crippen LogP contribution is -2.12. The number of nitrogens with one attached hydrogen (secondary N) is 1. The van der Waals surface area contributed by atoms with Crippen molar-refractivity contribution in [1.29, 1.82) is 5.26 Å². The number of pyridine rings is 1. The van der Waals surface area contributed by atoms with Crippen molar-refractivity contribution in [2.75, 3.05) is 25.3 Å². The number of carbonyl (C=O) groups excluding carboxylic acids is 1. The largest absolute Gasteiger partial charge is 0.493 e. The molecule has 0 saturated carbocycles. The van der Waals surface area contributed by atoms with Gasteiger partial charge in [-0.2, -0.15) is 5.26 Å². The van der Waals surface area contributed by atoms with E-state index in [-0.39, 0.29) is 12.3 Å². The van der Waals surface area contributed by atoms with Gasteiger partial charge in [-0.05, 0) is 49.2 Å². The highest BCUT2D eigenvalue weighted by molar-refractivity contribution is 7.99. The van der Waals surface area contributed by atoms with E-state index in [1.807, 2.05) is 80.6 Å². The van der Waals surface area contributed by atoms with Crippen molar-refractivity contribution in [2.24, 2.45) is 0 Å². The first-order valence-electron chi connectivity index (χ1n) is 12.2. The maximum atomic E-state index is 12.7. The van der Waals surface area contributed by atoms with Gasteiger partial charge in [-0.3, -0.25) is 4.79 Å². The molecule has 0 fully saturated rings. The summed E-state index contributed by atoms with van der Waals surface area (Å²) in [5, 5.41) is 13.7. The number of aryl methyl sites for hydroxylation is 2. The van der Waals surface area contributed by atoms with Gasteiger partial charge in [-0.1, -0.05) is 48.5 Å². The van der Waals surface area contributed by atoms with Crippen LogP contribution in [0.4, 0.5) is 5.69 Å². The molecule has 0 radical (unpaired) electrons. The number of amides is 1. The highest BCUT2D eigenvalue weighted by Gasteiger charge is 2.20. The first-order chi connectivity index (χ1) is 18.4. The van der Waals surface area contributed by atoms with Crippen LogP contribution in [0.5, 0.6) is 11.5 Å². The average molecular weight is 524 g/mol. The molecule has 0 aliphatic heterocycles. The number of aromatic nitrogens is 1. The third kappa shape index (κ3) is 6.16. The summed E-state index contributed by atoms with van der Waals surface area (Å²) in [6.45, 7) is 4.00. The van der Waals surface area contributed by atoms with Crippen LogP contribution >= 0.6 is 11.8 Å². The van der Waals surface area contributed by atoms with Crippen LogP contribution < -0.4 is 14.8 Å². The van der Waals surface area contributed by atoms with Gasteiger partial charge in [0.25, 0.3) is 0 Å². The SMILES string of the molecule is COc1cccc(-c2cc(-c3ccccc3)nc(SCCC(=O)Nc3cc(C)cc(C)c3)c2C#N)c1OC. The number of anilines is 1. The van der Waals surface area contributed by atoms with Crippen LogP contribution in [-0.4, -0.2) is 30.9 Å². The maximum absolute atomic E-state index is 12.7. The van der Waals surface area contributed by atoms with Gasteiger partial charge in [0, 0.05) is 34.6 Å². The number of para-hydroxylation sites is 1. The summed E-state index contributed by atoms with van der Waals surface area (Å²) in [5.41, 5.74) is 6.48. The Labute approximate surface area is 227 Å². The molecule has 0 atom stereocenters. The molecule has 1 N–H and O–H groups in total. The predicted octanol–water partition coefficient (Wildman–Crippen LogP) is 7.04. The summed E-state index contributed by atoms with van der Waals surface area (Å²) in [6.07, 6.45) is 0.275. The number of methoxy groups -OCH3 is 2. The van der Waals surface area contributed by atoms with E-state index in [1.54, 1.807) is 14.2 Å². The molecule has 0 aliphatic rings. The molecule has 1 heterocycles. The van der Waals surface area contributed by atoms with Gasteiger partial charge in [0.1, 0.15) is 11.1 Å². The number of carbonyl (C=O) groups is 1. The van der Waals surface area contributed by atoms with E-state index in [2.05, 4.69) is 17.5 Å².